The summed E-state index contributed by atoms with van der Waals surface area (Å²) in [5.74, 6) is 2.17. The van der Waals surface area contributed by atoms with Gasteiger partial charge in [0.1, 0.15) is 17.3 Å². The van der Waals surface area contributed by atoms with Crippen LogP contribution in [-0.2, 0) is 10.8 Å². The van der Waals surface area contributed by atoms with Crippen LogP contribution in [0.3, 0.4) is 0 Å². The maximum atomic E-state index is 13.7. The van der Waals surface area contributed by atoms with E-state index >= 15 is 0 Å². The number of rotatable bonds is 7. The SMILES string of the molecule is CCCC1CN(CC(=O)c2cc(C(C)(C)C)c(O)c(C(C)(C)C)c2)C(=N\Br)/C1=C/c1cccc(OC)c1. The highest BCUT2D eigenvalue weighted by molar-refractivity contribution is 9.08. The molecular formula is C31H41BrN2O3. The summed E-state index contributed by atoms with van der Waals surface area (Å²) in [6, 6.07) is 11.7. The summed E-state index contributed by atoms with van der Waals surface area (Å²) >= 11 is 3.34. The third-order valence-corrected chi connectivity index (χ3v) is 7.29. The molecule has 0 bridgehead atoms. The van der Waals surface area contributed by atoms with Crippen LogP contribution in [0.15, 0.2) is 46.0 Å². The van der Waals surface area contributed by atoms with Gasteiger partial charge in [-0.2, -0.15) is 4.02 Å². The second-order valence-electron chi connectivity index (χ2n) is 12.0. The number of nitrogens with zero attached hydrogens (tertiary/aromatic N) is 2. The van der Waals surface area contributed by atoms with E-state index in [0.717, 1.165) is 53.2 Å². The van der Waals surface area contributed by atoms with Crippen LogP contribution in [0, 0.1) is 5.92 Å². The van der Waals surface area contributed by atoms with Gasteiger partial charge in [0.2, 0.25) is 0 Å². The van der Waals surface area contributed by atoms with Crippen molar-refractivity contribution in [3.63, 3.8) is 0 Å². The van der Waals surface area contributed by atoms with Gasteiger partial charge in [-0.05, 0) is 53.2 Å². The quantitative estimate of drug-likeness (QED) is 0.347. The summed E-state index contributed by atoms with van der Waals surface area (Å²) in [7, 11) is 1.67. The number of phenols is 1. The van der Waals surface area contributed by atoms with E-state index in [4.69, 9.17) is 4.74 Å². The lowest BCUT2D eigenvalue weighted by atomic mass is 9.78. The lowest BCUT2D eigenvalue weighted by Gasteiger charge is -2.28. The minimum atomic E-state index is -0.296. The molecule has 0 aliphatic carbocycles. The summed E-state index contributed by atoms with van der Waals surface area (Å²) < 4.78 is 9.86. The third-order valence-electron chi connectivity index (χ3n) is 6.95. The van der Waals surface area contributed by atoms with Crippen LogP contribution in [0.5, 0.6) is 11.5 Å². The van der Waals surface area contributed by atoms with Gasteiger partial charge in [0.25, 0.3) is 0 Å². The number of carbonyl (C=O) groups is 1. The second kappa shape index (κ2) is 11.4. The molecule has 0 radical (unpaired) electrons. The van der Waals surface area contributed by atoms with Crippen molar-refractivity contribution in [2.45, 2.75) is 72.1 Å². The first kappa shape index (κ1) is 29.0. The first-order valence-electron chi connectivity index (χ1n) is 13.0. The fraction of sp³-hybridized carbons (Fsp3) is 0.484. The molecule has 0 amide bonds. The van der Waals surface area contributed by atoms with Crippen LogP contribution in [0.25, 0.3) is 6.08 Å². The Morgan fingerprint density at radius 2 is 1.76 bits per heavy atom. The van der Waals surface area contributed by atoms with Gasteiger partial charge in [-0.25, -0.2) is 0 Å². The molecule has 2 aromatic carbocycles. The van der Waals surface area contributed by atoms with Crippen molar-refractivity contribution in [3.8, 4) is 11.5 Å². The predicted molar refractivity (Wildman–Crippen MR) is 157 cm³/mol. The van der Waals surface area contributed by atoms with Gasteiger partial charge < -0.3 is 14.7 Å². The summed E-state index contributed by atoms with van der Waals surface area (Å²) in [6.07, 6.45) is 4.21. The molecule has 1 saturated heterocycles. The van der Waals surface area contributed by atoms with E-state index in [2.05, 4.69) is 85.7 Å². The molecule has 3 rings (SSSR count). The lowest BCUT2D eigenvalue weighted by Crippen LogP contribution is -2.32. The summed E-state index contributed by atoms with van der Waals surface area (Å²) in [6.45, 7) is 15.5. The van der Waals surface area contributed by atoms with E-state index in [-0.39, 0.29) is 34.8 Å². The molecule has 0 spiro atoms. The predicted octanol–water partition coefficient (Wildman–Crippen LogP) is 7.70. The fourth-order valence-corrected chi connectivity index (χ4v) is 5.38. The van der Waals surface area contributed by atoms with Crippen LogP contribution in [-0.4, -0.2) is 41.8 Å². The van der Waals surface area contributed by atoms with Crippen LogP contribution in [0.4, 0.5) is 0 Å². The number of hydrogen-bond acceptors (Lipinski definition) is 4. The number of likely N-dealkylation sites (tertiary alicyclic amines) is 1. The Kier molecular flexibility index (Phi) is 8.94. The largest absolute Gasteiger partial charge is 0.507 e. The molecule has 1 aliphatic rings. The van der Waals surface area contributed by atoms with Crippen molar-refractivity contribution >= 4 is 33.8 Å². The molecule has 37 heavy (non-hydrogen) atoms. The van der Waals surface area contributed by atoms with E-state index in [1.54, 1.807) is 7.11 Å². The maximum absolute atomic E-state index is 13.7. The normalized spacial score (nSPS) is 18.6. The molecule has 1 heterocycles. The molecule has 0 saturated carbocycles. The van der Waals surface area contributed by atoms with Crippen LogP contribution in [0.2, 0.25) is 0 Å². The van der Waals surface area contributed by atoms with E-state index in [1.165, 1.54) is 0 Å². The number of hydrogen-bond donors (Lipinski definition) is 1. The van der Waals surface area contributed by atoms with Crippen molar-refractivity contribution in [1.29, 1.82) is 0 Å². The zero-order valence-corrected chi connectivity index (χ0v) is 25.1. The number of benzene rings is 2. The maximum Gasteiger partial charge on any atom is 0.182 e. The van der Waals surface area contributed by atoms with Crippen molar-refractivity contribution in [1.82, 2.24) is 4.90 Å². The number of ketones is 1. The first-order valence-corrected chi connectivity index (χ1v) is 13.7. The Morgan fingerprint density at radius 3 is 2.27 bits per heavy atom. The number of ether oxygens (including phenoxy) is 1. The molecule has 1 unspecified atom stereocenters. The number of carbonyl (C=O) groups excluding carboxylic acids is 1. The second-order valence-corrected chi connectivity index (χ2v) is 12.3. The van der Waals surface area contributed by atoms with Gasteiger partial charge in [-0.15, -0.1) is 0 Å². The third kappa shape index (κ3) is 6.64. The van der Waals surface area contributed by atoms with Crippen molar-refractivity contribution in [3.05, 3.63) is 64.2 Å². The molecule has 5 nitrogen and oxygen atoms in total. The average molecular weight is 570 g/mol. The summed E-state index contributed by atoms with van der Waals surface area (Å²) in [5.41, 5.74) is 3.78. The van der Waals surface area contributed by atoms with Gasteiger partial charge in [-0.3, -0.25) is 4.79 Å². The fourth-order valence-electron chi connectivity index (χ4n) is 4.95. The number of methoxy groups -OCH3 is 1. The van der Waals surface area contributed by atoms with Crippen LogP contribution in [0.1, 0.15) is 88.4 Å². The van der Waals surface area contributed by atoms with Crippen LogP contribution < -0.4 is 4.74 Å². The molecule has 0 aromatic heterocycles. The molecule has 1 aliphatic heterocycles. The molecule has 1 atom stereocenters. The van der Waals surface area contributed by atoms with E-state index < -0.39 is 0 Å². The van der Waals surface area contributed by atoms with Gasteiger partial charge in [0.15, 0.2) is 5.78 Å². The molecule has 200 valence electrons. The van der Waals surface area contributed by atoms with Crippen molar-refractivity contribution in [2.24, 2.45) is 9.94 Å². The van der Waals surface area contributed by atoms with Gasteiger partial charge in [0.05, 0.1) is 29.8 Å². The topological polar surface area (TPSA) is 62.1 Å². The smallest absolute Gasteiger partial charge is 0.182 e. The molecule has 6 heteroatoms. The Bertz CT molecular complexity index is 1170. The number of phenolic OH excluding ortho intramolecular Hbond substituents is 1. The van der Waals surface area contributed by atoms with Crippen LogP contribution >= 0.6 is 16.1 Å². The Balaban J connectivity index is 1.99. The van der Waals surface area contributed by atoms with Crippen molar-refractivity contribution in [2.75, 3.05) is 20.2 Å². The summed E-state index contributed by atoms with van der Waals surface area (Å²) in [5, 5.41) is 11.1. The first-order chi connectivity index (χ1) is 17.3. The Morgan fingerprint density at radius 1 is 1.14 bits per heavy atom. The minimum Gasteiger partial charge on any atom is -0.507 e. The van der Waals surface area contributed by atoms with Gasteiger partial charge in [-0.1, -0.05) is 67.0 Å². The van der Waals surface area contributed by atoms with Crippen molar-refractivity contribution < 1.29 is 14.6 Å². The number of halogens is 1. The number of aromatic hydroxyl groups is 1. The Labute approximate surface area is 231 Å². The molecular weight excluding hydrogens is 528 g/mol. The minimum absolute atomic E-state index is 0.0162. The highest BCUT2D eigenvalue weighted by atomic mass is 79.9. The van der Waals surface area contributed by atoms with E-state index in [9.17, 15) is 9.90 Å². The zero-order valence-electron chi connectivity index (χ0n) is 23.5. The lowest BCUT2D eigenvalue weighted by molar-refractivity contribution is 0.0963. The Hall–Kier alpha value is -2.60. The van der Waals surface area contributed by atoms with Gasteiger partial charge in [0, 0.05) is 34.7 Å². The molecule has 2 aromatic rings. The number of Topliss-reactive ketones (excluding diaryl/α,β-unsaturated/α-hetero) is 1. The van der Waals surface area contributed by atoms with E-state index in [0.29, 0.717) is 5.56 Å². The highest BCUT2D eigenvalue weighted by Gasteiger charge is 2.35. The average Bonchev–Trinajstić information content (AvgIpc) is 3.13. The van der Waals surface area contributed by atoms with E-state index in [1.807, 2.05) is 30.3 Å². The number of amidine groups is 1. The van der Waals surface area contributed by atoms with Gasteiger partial charge >= 0.3 is 0 Å². The standard InChI is InChI=1S/C31H41BrN2O3/c1-9-11-21-18-34(29(33-32)24(21)15-20-12-10-13-23(14-20)37-8)19-27(35)22-16-25(30(2,3)4)28(36)26(17-22)31(5,6)7/h10,12-17,21,36H,9,11,18-19H2,1-8H3/b24-15+,33-29-. The summed E-state index contributed by atoms with van der Waals surface area (Å²) in [4.78, 5) is 15.8. The molecule has 1 N–H and O–H groups in total. The highest BCUT2D eigenvalue weighted by Crippen LogP contribution is 2.40. The zero-order chi connectivity index (χ0) is 27.5. The monoisotopic (exact) mass is 568 g/mol. The molecule has 1 fully saturated rings.